The highest BCUT2D eigenvalue weighted by molar-refractivity contribution is 7.22. The second-order valence-corrected chi connectivity index (χ2v) is 7.80. The fourth-order valence-electron chi connectivity index (χ4n) is 3.46. The number of ether oxygens (including phenoxy) is 3. The van der Waals surface area contributed by atoms with Crippen LogP contribution in [0, 0.1) is 11.3 Å². The minimum absolute atomic E-state index is 0.151. The Morgan fingerprint density at radius 3 is 2.23 bits per heavy atom. The van der Waals surface area contributed by atoms with Crippen molar-refractivity contribution in [2.24, 2.45) is 0 Å². The summed E-state index contributed by atoms with van der Waals surface area (Å²) in [6, 6.07) is 20.3. The van der Waals surface area contributed by atoms with Crippen LogP contribution in [0.15, 0.2) is 60.7 Å². The first-order chi connectivity index (χ1) is 15.1. The molecule has 6 heteroatoms. The van der Waals surface area contributed by atoms with E-state index in [1.165, 1.54) is 18.4 Å². The molecule has 0 bridgehead atoms. The van der Waals surface area contributed by atoms with Gasteiger partial charge in [0.2, 0.25) is 0 Å². The van der Waals surface area contributed by atoms with Gasteiger partial charge in [-0.15, -0.1) is 11.3 Å². The summed E-state index contributed by atoms with van der Waals surface area (Å²) in [4.78, 5) is 14.5. The molecular weight excluding hydrogens is 410 g/mol. The molecule has 0 N–H and O–H groups in total. The molecule has 0 fully saturated rings. The van der Waals surface area contributed by atoms with Crippen LogP contribution in [0.1, 0.15) is 21.5 Å². The third-order valence-electron chi connectivity index (χ3n) is 5.06. The summed E-state index contributed by atoms with van der Waals surface area (Å²) >= 11 is 1.53. The van der Waals surface area contributed by atoms with E-state index in [-0.39, 0.29) is 5.78 Å². The van der Waals surface area contributed by atoms with Gasteiger partial charge in [-0.05, 0) is 66.2 Å². The third kappa shape index (κ3) is 3.72. The number of methoxy groups -OCH3 is 3. The van der Waals surface area contributed by atoms with Gasteiger partial charge in [-0.25, -0.2) is 0 Å². The molecule has 31 heavy (non-hydrogen) atoms. The van der Waals surface area contributed by atoms with Crippen molar-refractivity contribution >= 4 is 27.2 Å². The summed E-state index contributed by atoms with van der Waals surface area (Å²) < 4.78 is 16.8. The normalized spacial score (nSPS) is 10.5. The topological polar surface area (TPSA) is 68.6 Å². The summed E-state index contributed by atoms with van der Waals surface area (Å²) in [5.74, 6) is 1.76. The molecule has 4 aromatic rings. The van der Waals surface area contributed by atoms with Crippen LogP contribution in [0.2, 0.25) is 0 Å². The summed E-state index contributed by atoms with van der Waals surface area (Å²) in [7, 11) is 4.73. The smallest absolute Gasteiger partial charge is 0.195 e. The first-order valence-electron chi connectivity index (χ1n) is 9.47. The van der Waals surface area contributed by atoms with Crippen molar-refractivity contribution in [1.29, 1.82) is 5.26 Å². The molecule has 3 aromatic carbocycles. The van der Waals surface area contributed by atoms with Crippen molar-refractivity contribution < 1.29 is 19.0 Å². The van der Waals surface area contributed by atoms with Crippen LogP contribution < -0.4 is 14.2 Å². The predicted molar refractivity (Wildman–Crippen MR) is 122 cm³/mol. The zero-order valence-electron chi connectivity index (χ0n) is 17.3. The zero-order chi connectivity index (χ0) is 22.0. The Morgan fingerprint density at radius 1 is 0.871 bits per heavy atom. The lowest BCUT2D eigenvalue weighted by Crippen LogP contribution is -2.03. The minimum Gasteiger partial charge on any atom is -0.497 e. The van der Waals surface area contributed by atoms with E-state index in [1.54, 1.807) is 32.4 Å². The van der Waals surface area contributed by atoms with E-state index in [0.717, 1.165) is 32.0 Å². The first-order valence-corrected chi connectivity index (χ1v) is 10.3. The van der Waals surface area contributed by atoms with Crippen molar-refractivity contribution in [2.75, 3.05) is 21.3 Å². The van der Waals surface area contributed by atoms with Crippen LogP contribution in [0.25, 0.3) is 20.5 Å². The van der Waals surface area contributed by atoms with Crippen molar-refractivity contribution in [3.8, 4) is 33.8 Å². The van der Waals surface area contributed by atoms with Crippen molar-refractivity contribution in [2.45, 2.75) is 0 Å². The van der Waals surface area contributed by atoms with Crippen LogP contribution in [-0.4, -0.2) is 27.1 Å². The number of carbonyl (C=O) groups is 1. The second kappa shape index (κ2) is 8.50. The molecule has 1 heterocycles. The van der Waals surface area contributed by atoms with Crippen molar-refractivity contribution in [3.63, 3.8) is 0 Å². The molecule has 1 aromatic heterocycles. The zero-order valence-corrected chi connectivity index (χ0v) is 18.1. The number of benzene rings is 3. The number of rotatable bonds is 6. The summed E-state index contributed by atoms with van der Waals surface area (Å²) in [5.41, 5.74) is 2.27. The van der Waals surface area contributed by atoms with Crippen LogP contribution in [0.4, 0.5) is 0 Å². The molecular formula is C25H19NO4S. The Balaban J connectivity index is 1.92. The molecule has 0 spiro atoms. The van der Waals surface area contributed by atoms with Crippen molar-refractivity contribution in [1.82, 2.24) is 0 Å². The van der Waals surface area contributed by atoms with Crippen LogP contribution in [0.5, 0.6) is 17.2 Å². The molecule has 0 amide bonds. The van der Waals surface area contributed by atoms with Crippen LogP contribution >= 0.6 is 11.3 Å². The van der Waals surface area contributed by atoms with E-state index in [1.807, 2.05) is 42.5 Å². The van der Waals surface area contributed by atoms with Crippen LogP contribution in [-0.2, 0) is 0 Å². The number of nitrogens with zero attached hydrogens (tertiary/aromatic N) is 1. The fraction of sp³-hybridized carbons (Fsp3) is 0.120. The molecule has 4 rings (SSSR count). The summed E-state index contributed by atoms with van der Waals surface area (Å²) in [6.07, 6.45) is 0. The minimum atomic E-state index is -0.151. The quantitative estimate of drug-likeness (QED) is 0.368. The second-order valence-electron chi connectivity index (χ2n) is 6.75. The maximum Gasteiger partial charge on any atom is 0.195 e. The van der Waals surface area contributed by atoms with Gasteiger partial charge in [0.25, 0.3) is 0 Å². The van der Waals surface area contributed by atoms with Gasteiger partial charge in [-0.3, -0.25) is 4.79 Å². The molecule has 0 aliphatic heterocycles. The highest BCUT2D eigenvalue weighted by Gasteiger charge is 2.23. The molecule has 0 saturated heterocycles. The Bertz CT molecular complexity index is 1320. The number of nitriles is 1. The van der Waals surface area contributed by atoms with E-state index in [0.29, 0.717) is 22.4 Å². The standard InChI is InChI=1S/C25H19NO4S/c1-28-18-7-4-15(5-8-18)25-23(20-10-9-19(29-2)13-22(20)31-25)24(27)16-6-11-21(30-3)17(12-16)14-26/h4-13H,1-3H3. The number of carbonyl (C=O) groups excluding carboxylic acids is 1. The third-order valence-corrected chi connectivity index (χ3v) is 6.26. The number of hydrogen-bond acceptors (Lipinski definition) is 6. The molecule has 0 aliphatic rings. The Labute approximate surface area is 184 Å². The molecule has 0 aliphatic carbocycles. The van der Waals surface area contributed by atoms with Gasteiger partial charge in [-0.2, -0.15) is 5.26 Å². The van der Waals surface area contributed by atoms with Gasteiger partial charge in [0.1, 0.15) is 23.3 Å². The molecule has 0 atom stereocenters. The SMILES string of the molecule is COc1ccc(-c2sc3cc(OC)ccc3c2C(=O)c2ccc(OC)c(C#N)c2)cc1. The Kier molecular flexibility index (Phi) is 5.61. The van der Waals surface area contributed by atoms with Gasteiger partial charge >= 0.3 is 0 Å². The van der Waals surface area contributed by atoms with Crippen molar-refractivity contribution in [3.05, 3.63) is 77.4 Å². The summed E-state index contributed by atoms with van der Waals surface area (Å²) in [5, 5.41) is 10.3. The van der Waals surface area contributed by atoms with Gasteiger partial charge in [0.15, 0.2) is 5.78 Å². The average molecular weight is 429 g/mol. The van der Waals surface area contributed by atoms with Gasteiger partial charge in [0, 0.05) is 26.1 Å². The van der Waals surface area contributed by atoms with E-state index in [4.69, 9.17) is 14.2 Å². The predicted octanol–water partition coefficient (Wildman–Crippen LogP) is 5.70. The monoisotopic (exact) mass is 429 g/mol. The van der Waals surface area contributed by atoms with Gasteiger partial charge in [0.05, 0.1) is 26.9 Å². The lowest BCUT2D eigenvalue weighted by atomic mass is 9.96. The number of thiophene rings is 1. The maximum atomic E-state index is 13.7. The number of fused-ring (bicyclic) bond motifs is 1. The molecule has 5 nitrogen and oxygen atoms in total. The average Bonchev–Trinajstić information content (AvgIpc) is 3.21. The molecule has 0 saturated carbocycles. The van der Waals surface area contributed by atoms with Gasteiger partial charge in [-0.1, -0.05) is 0 Å². The van der Waals surface area contributed by atoms with E-state index < -0.39 is 0 Å². The molecule has 154 valence electrons. The van der Waals surface area contributed by atoms with E-state index in [2.05, 4.69) is 6.07 Å². The lowest BCUT2D eigenvalue weighted by molar-refractivity contribution is 0.104. The van der Waals surface area contributed by atoms with E-state index in [9.17, 15) is 10.1 Å². The maximum absolute atomic E-state index is 13.7. The van der Waals surface area contributed by atoms with Gasteiger partial charge < -0.3 is 14.2 Å². The molecule has 0 radical (unpaired) electrons. The fourth-order valence-corrected chi connectivity index (χ4v) is 4.69. The lowest BCUT2D eigenvalue weighted by Gasteiger charge is -2.08. The highest BCUT2D eigenvalue weighted by atomic mass is 32.1. The Morgan fingerprint density at radius 2 is 1.58 bits per heavy atom. The number of hydrogen-bond donors (Lipinski definition) is 0. The first kappa shape index (κ1) is 20.5. The summed E-state index contributed by atoms with van der Waals surface area (Å²) in [6.45, 7) is 0. The van der Waals surface area contributed by atoms with Crippen LogP contribution in [0.3, 0.4) is 0 Å². The molecule has 0 unspecified atom stereocenters. The Hall–Kier alpha value is -3.82. The highest BCUT2D eigenvalue weighted by Crippen LogP contribution is 2.41. The number of ketones is 1. The van der Waals surface area contributed by atoms with E-state index >= 15 is 0 Å². The largest absolute Gasteiger partial charge is 0.497 e.